The van der Waals surface area contributed by atoms with Gasteiger partial charge in [-0.05, 0) is 42.5 Å². The summed E-state index contributed by atoms with van der Waals surface area (Å²) in [5.41, 5.74) is 2.87. The smallest absolute Gasteiger partial charge is 0.330 e. The number of hydrogen-bond acceptors (Lipinski definition) is 4. The van der Waals surface area contributed by atoms with E-state index in [4.69, 9.17) is 4.74 Å². The highest BCUT2D eigenvalue weighted by atomic mass is 16.5. The van der Waals surface area contributed by atoms with Crippen LogP contribution in [0.3, 0.4) is 0 Å². The summed E-state index contributed by atoms with van der Waals surface area (Å²) in [6.45, 7) is 1.40. The zero-order chi connectivity index (χ0) is 17.4. The Hall–Kier alpha value is -2.83. The van der Waals surface area contributed by atoms with Gasteiger partial charge in [-0.2, -0.15) is 5.10 Å². The molecule has 1 aromatic heterocycles. The van der Waals surface area contributed by atoms with E-state index in [2.05, 4.69) is 10.4 Å². The van der Waals surface area contributed by atoms with Crippen LogP contribution in [0.5, 0.6) is 5.75 Å². The molecule has 4 rings (SSSR count). The topological polar surface area (TPSA) is 93.5 Å². The molecule has 0 saturated carbocycles. The number of aryl methyl sites for hydroxylation is 1. The van der Waals surface area contributed by atoms with Crippen molar-refractivity contribution in [3.05, 3.63) is 46.8 Å². The summed E-state index contributed by atoms with van der Waals surface area (Å²) in [5, 5.41) is 16.5. The van der Waals surface area contributed by atoms with Gasteiger partial charge in [0.15, 0.2) is 6.04 Å². The van der Waals surface area contributed by atoms with Gasteiger partial charge in [0.25, 0.3) is 5.91 Å². The number of aromatic nitrogens is 2. The molecule has 1 aromatic carbocycles. The Balaban J connectivity index is 1.59. The Kier molecular flexibility index (Phi) is 3.91. The number of carboxylic acids is 1. The molecule has 1 atom stereocenters. The van der Waals surface area contributed by atoms with Crippen molar-refractivity contribution in [3.63, 3.8) is 0 Å². The predicted octanol–water partition coefficient (Wildman–Crippen LogP) is 1.71. The number of aliphatic carboxylic acids is 1. The Morgan fingerprint density at radius 2 is 2.16 bits per heavy atom. The fourth-order valence-corrected chi connectivity index (χ4v) is 3.49. The SMILES string of the molecule is O=C(N[C@@H](C(=O)O)c1ccc2c(c1)CCO2)c1cnn2c1CCCC2. The van der Waals surface area contributed by atoms with E-state index in [1.54, 1.807) is 18.2 Å². The molecule has 0 unspecified atom stereocenters. The average Bonchev–Trinajstić information content (AvgIpc) is 3.25. The normalized spacial score (nSPS) is 16.5. The second kappa shape index (κ2) is 6.23. The van der Waals surface area contributed by atoms with E-state index in [1.165, 1.54) is 6.20 Å². The molecule has 0 saturated heterocycles. The van der Waals surface area contributed by atoms with Gasteiger partial charge < -0.3 is 15.2 Å². The Bertz CT molecular complexity index is 843. The van der Waals surface area contributed by atoms with Crippen molar-refractivity contribution in [2.24, 2.45) is 0 Å². The molecule has 0 bridgehead atoms. The van der Waals surface area contributed by atoms with Crippen LogP contribution >= 0.6 is 0 Å². The minimum Gasteiger partial charge on any atom is -0.493 e. The van der Waals surface area contributed by atoms with Crippen LogP contribution in [0.25, 0.3) is 0 Å². The molecule has 7 nitrogen and oxygen atoms in total. The molecule has 2 aromatic rings. The van der Waals surface area contributed by atoms with Crippen molar-refractivity contribution in [1.82, 2.24) is 15.1 Å². The maximum atomic E-state index is 12.6. The third-order valence-electron chi connectivity index (χ3n) is 4.80. The quantitative estimate of drug-likeness (QED) is 0.883. The molecule has 25 heavy (non-hydrogen) atoms. The average molecular weight is 341 g/mol. The van der Waals surface area contributed by atoms with Gasteiger partial charge in [-0.1, -0.05) is 6.07 Å². The van der Waals surface area contributed by atoms with E-state index < -0.39 is 17.9 Å². The third-order valence-corrected chi connectivity index (χ3v) is 4.80. The van der Waals surface area contributed by atoms with Crippen molar-refractivity contribution >= 4 is 11.9 Å². The number of carbonyl (C=O) groups is 2. The lowest BCUT2D eigenvalue weighted by Crippen LogP contribution is -2.34. The van der Waals surface area contributed by atoms with Crippen LogP contribution in [-0.2, 0) is 24.2 Å². The molecule has 2 N–H and O–H groups in total. The van der Waals surface area contributed by atoms with Crippen molar-refractivity contribution in [2.75, 3.05) is 6.61 Å². The largest absolute Gasteiger partial charge is 0.493 e. The Morgan fingerprint density at radius 1 is 1.28 bits per heavy atom. The first-order valence-electron chi connectivity index (χ1n) is 8.47. The number of nitrogens with zero attached hydrogens (tertiary/aromatic N) is 2. The highest BCUT2D eigenvalue weighted by Crippen LogP contribution is 2.28. The van der Waals surface area contributed by atoms with Gasteiger partial charge in [0.2, 0.25) is 0 Å². The first-order valence-corrected chi connectivity index (χ1v) is 8.47. The molecule has 2 aliphatic rings. The second-order valence-corrected chi connectivity index (χ2v) is 6.40. The second-order valence-electron chi connectivity index (χ2n) is 6.40. The highest BCUT2D eigenvalue weighted by Gasteiger charge is 2.27. The van der Waals surface area contributed by atoms with Gasteiger partial charge in [0.05, 0.1) is 24.1 Å². The molecular formula is C18H19N3O4. The summed E-state index contributed by atoms with van der Waals surface area (Å²) >= 11 is 0. The van der Waals surface area contributed by atoms with Crippen LogP contribution in [0.2, 0.25) is 0 Å². The molecule has 7 heteroatoms. The summed E-state index contributed by atoms with van der Waals surface area (Å²) in [4.78, 5) is 24.4. The van der Waals surface area contributed by atoms with Gasteiger partial charge in [-0.15, -0.1) is 0 Å². The summed E-state index contributed by atoms with van der Waals surface area (Å²) in [6, 6.07) is 4.16. The molecule has 2 aliphatic heterocycles. The van der Waals surface area contributed by atoms with Crippen molar-refractivity contribution in [2.45, 2.75) is 38.3 Å². The fourth-order valence-electron chi connectivity index (χ4n) is 3.49. The molecular weight excluding hydrogens is 322 g/mol. The number of carbonyl (C=O) groups excluding carboxylic acids is 1. The molecule has 0 spiro atoms. The van der Waals surface area contributed by atoms with Crippen molar-refractivity contribution in [1.29, 1.82) is 0 Å². The Labute approximate surface area is 144 Å². The molecule has 3 heterocycles. The summed E-state index contributed by atoms with van der Waals surface area (Å²) in [5.74, 6) is -0.703. The van der Waals surface area contributed by atoms with Gasteiger partial charge >= 0.3 is 5.97 Å². The molecule has 130 valence electrons. The number of ether oxygens (including phenoxy) is 1. The number of benzene rings is 1. The van der Waals surface area contributed by atoms with E-state index in [0.29, 0.717) is 17.7 Å². The predicted molar refractivity (Wildman–Crippen MR) is 88.6 cm³/mol. The lowest BCUT2D eigenvalue weighted by molar-refractivity contribution is -0.139. The van der Waals surface area contributed by atoms with Crippen molar-refractivity contribution in [3.8, 4) is 5.75 Å². The summed E-state index contributed by atoms with van der Waals surface area (Å²) in [6.07, 6.45) is 5.13. The number of hydrogen-bond donors (Lipinski definition) is 2. The summed E-state index contributed by atoms with van der Waals surface area (Å²) < 4.78 is 7.28. The van der Waals surface area contributed by atoms with E-state index in [9.17, 15) is 14.7 Å². The van der Waals surface area contributed by atoms with Crippen molar-refractivity contribution < 1.29 is 19.4 Å². The maximum absolute atomic E-state index is 12.6. The fraction of sp³-hybridized carbons (Fsp3) is 0.389. The number of amides is 1. The monoisotopic (exact) mass is 341 g/mol. The standard InChI is InChI=1S/C18H19N3O4/c22-17(13-10-19-21-7-2-1-3-14(13)21)20-16(18(23)24)12-4-5-15-11(9-12)6-8-25-15/h4-5,9-10,16H,1-3,6-8H2,(H,20,22)(H,23,24)/t16-/m1/s1. The van der Waals surface area contributed by atoms with E-state index >= 15 is 0 Å². The first kappa shape index (κ1) is 15.7. The van der Waals surface area contributed by atoms with Crippen LogP contribution in [0, 0.1) is 0 Å². The van der Waals surface area contributed by atoms with Crippen LogP contribution in [-0.4, -0.2) is 33.4 Å². The van der Waals surface area contributed by atoms with Crippen LogP contribution in [0.15, 0.2) is 24.4 Å². The summed E-state index contributed by atoms with van der Waals surface area (Å²) in [7, 11) is 0. The number of nitrogens with one attached hydrogen (secondary N) is 1. The van der Waals surface area contributed by atoms with Gasteiger partial charge in [0, 0.05) is 13.0 Å². The molecule has 0 radical (unpaired) electrons. The molecule has 0 aliphatic carbocycles. The number of carboxylic acid groups (broad SMARTS) is 1. The Morgan fingerprint density at radius 3 is 3.00 bits per heavy atom. The van der Waals surface area contributed by atoms with E-state index in [1.807, 2.05) is 4.68 Å². The van der Waals surface area contributed by atoms with E-state index in [0.717, 1.165) is 49.2 Å². The first-order chi connectivity index (χ1) is 12.1. The maximum Gasteiger partial charge on any atom is 0.330 e. The number of fused-ring (bicyclic) bond motifs is 2. The minimum atomic E-state index is -1.10. The zero-order valence-electron chi connectivity index (χ0n) is 13.7. The minimum absolute atomic E-state index is 0.396. The van der Waals surface area contributed by atoms with Gasteiger partial charge in [0.1, 0.15) is 5.75 Å². The lowest BCUT2D eigenvalue weighted by atomic mass is 10.0. The van der Waals surface area contributed by atoms with Crippen LogP contribution < -0.4 is 10.1 Å². The highest BCUT2D eigenvalue weighted by molar-refractivity contribution is 5.97. The lowest BCUT2D eigenvalue weighted by Gasteiger charge is -2.17. The van der Waals surface area contributed by atoms with Gasteiger partial charge in [-0.25, -0.2) is 4.79 Å². The third kappa shape index (κ3) is 2.86. The number of rotatable bonds is 4. The van der Waals surface area contributed by atoms with Gasteiger partial charge in [-0.3, -0.25) is 9.48 Å². The van der Waals surface area contributed by atoms with E-state index in [-0.39, 0.29) is 0 Å². The zero-order valence-corrected chi connectivity index (χ0v) is 13.7. The van der Waals surface area contributed by atoms with Crippen LogP contribution in [0.1, 0.15) is 46.1 Å². The van der Waals surface area contributed by atoms with Crippen LogP contribution in [0.4, 0.5) is 0 Å². The molecule has 1 amide bonds. The molecule has 0 fully saturated rings.